The maximum absolute atomic E-state index is 13.5. The van der Waals surface area contributed by atoms with E-state index in [1.165, 1.54) is 0 Å². The smallest absolute Gasteiger partial charge is 0.270 e. The van der Waals surface area contributed by atoms with Gasteiger partial charge in [-0.15, -0.1) is 0 Å². The van der Waals surface area contributed by atoms with E-state index in [-0.39, 0.29) is 23.7 Å². The first-order valence-corrected chi connectivity index (χ1v) is 10.6. The van der Waals surface area contributed by atoms with Gasteiger partial charge < -0.3 is 4.74 Å². The summed E-state index contributed by atoms with van der Waals surface area (Å²) in [7, 11) is 1.54. The average Bonchev–Trinajstić information content (AvgIpc) is 3.09. The van der Waals surface area contributed by atoms with E-state index < -0.39 is 17.7 Å². The summed E-state index contributed by atoms with van der Waals surface area (Å²) in [6.45, 7) is 0. The molecule has 2 atom stereocenters. The number of benzene rings is 3. The van der Waals surface area contributed by atoms with Crippen molar-refractivity contribution < 1.29 is 19.1 Å². The predicted molar refractivity (Wildman–Crippen MR) is 116 cm³/mol. The summed E-state index contributed by atoms with van der Waals surface area (Å²) >= 11 is 0. The number of hydrogen-bond acceptors (Lipinski definition) is 4. The molecule has 4 aliphatic rings. The van der Waals surface area contributed by atoms with Gasteiger partial charge in [0.1, 0.15) is 5.75 Å². The van der Waals surface area contributed by atoms with Crippen LogP contribution in [-0.2, 0) is 9.59 Å². The Kier molecular flexibility index (Phi) is 3.99. The highest BCUT2D eigenvalue weighted by molar-refractivity contribution is 6.09. The molecule has 3 amide bonds. The molecule has 2 bridgehead atoms. The third-order valence-corrected chi connectivity index (χ3v) is 7.01. The molecular formula is C26H20N2O4. The van der Waals surface area contributed by atoms with Gasteiger partial charge in [-0.1, -0.05) is 48.5 Å². The van der Waals surface area contributed by atoms with Gasteiger partial charge in [0.2, 0.25) is 0 Å². The van der Waals surface area contributed by atoms with Gasteiger partial charge in [0.25, 0.3) is 17.7 Å². The molecule has 3 aromatic rings. The Labute approximate surface area is 184 Å². The first-order chi connectivity index (χ1) is 15.6. The van der Waals surface area contributed by atoms with Crippen LogP contribution in [0.25, 0.3) is 0 Å². The number of carbonyl (C=O) groups is 3. The number of rotatable bonds is 3. The zero-order valence-corrected chi connectivity index (χ0v) is 17.3. The molecule has 7 rings (SSSR count). The molecule has 3 aromatic carbocycles. The van der Waals surface area contributed by atoms with Crippen LogP contribution < -0.4 is 10.2 Å². The van der Waals surface area contributed by atoms with Gasteiger partial charge in [-0.25, -0.2) is 0 Å². The van der Waals surface area contributed by atoms with Crippen molar-refractivity contribution in [1.29, 1.82) is 0 Å². The molecule has 0 radical (unpaired) electrons. The Morgan fingerprint density at radius 1 is 0.750 bits per heavy atom. The normalized spacial score (nSPS) is 24.6. The number of nitrogens with zero attached hydrogens (tertiary/aromatic N) is 1. The van der Waals surface area contributed by atoms with Gasteiger partial charge in [-0.05, 0) is 46.5 Å². The van der Waals surface area contributed by atoms with Crippen LogP contribution in [0.2, 0.25) is 0 Å². The van der Waals surface area contributed by atoms with E-state index in [4.69, 9.17) is 4.74 Å². The Morgan fingerprint density at radius 2 is 1.19 bits per heavy atom. The Morgan fingerprint density at radius 3 is 1.59 bits per heavy atom. The van der Waals surface area contributed by atoms with E-state index in [0.717, 1.165) is 27.3 Å². The van der Waals surface area contributed by atoms with Gasteiger partial charge in [-0.2, -0.15) is 5.01 Å². The third-order valence-electron chi connectivity index (χ3n) is 7.01. The molecular weight excluding hydrogens is 404 g/mol. The first-order valence-electron chi connectivity index (χ1n) is 10.6. The number of imide groups is 1. The van der Waals surface area contributed by atoms with Crippen LogP contribution in [0.1, 0.15) is 44.4 Å². The number of nitrogens with one attached hydrogen (secondary N) is 1. The zero-order chi connectivity index (χ0) is 22.0. The lowest BCUT2D eigenvalue weighted by molar-refractivity contribution is -0.142. The molecule has 1 saturated heterocycles. The summed E-state index contributed by atoms with van der Waals surface area (Å²) in [5.74, 6) is -2.01. The van der Waals surface area contributed by atoms with Gasteiger partial charge in [-0.3, -0.25) is 19.8 Å². The maximum atomic E-state index is 13.5. The van der Waals surface area contributed by atoms with Crippen molar-refractivity contribution >= 4 is 17.7 Å². The summed E-state index contributed by atoms with van der Waals surface area (Å²) in [5.41, 5.74) is 7.30. The molecule has 158 valence electrons. The van der Waals surface area contributed by atoms with E-state index in [0.29, 0.717) is 11.3 Å². The largest absolute Gasteiger partial charge is 0.497 e. The molecule has 0 aromatic heterocycles. The van der Waals surface area contributed by atoms with Gasteiger partial charge in [0.05, 0.1) is 18.9 Å². The monoisotopic (exact) mass is 424 g/mol. The van der Waals surface area contributed by atoms with Crippen LogP contribution in [0.3, 0.4) is 0 Å². The summed E-state index contributed by atoms with van der Waals surface area (Å²) in [4.78, 5) is 39.8. The molecule has 1 fully saturated rings. The van der Waals surface area contributed by atoms with Crippen molar-refractivity contribution in [2.45, 2.75) is 11.8 Å². The van der Waals surface area contributed by atoms with Gasteiger partial charge in [0.15, 0.2) is 0 Å². The fourth-order valence-corrected chi connectivity index (χ4v) is 5.70. The highest BCUT2D eigenvalue weighted by Gasteiger charge is 2.62. The lowest BCUT2D eigenvalue weighted by Crippen LogP contribution is -2.46. The number of carbonyl (C=O) groups excluding carboxylic acids is 3. The minimum absolute atomic E-state index is 0.197. The predicted octanol–water partition coefficient (Wildman–Crippen LogP) is 3.23. The average molecular weight is 424 g/mol. The standard InChI is InChI=1S/C26H20N2O4/c1-32-15-12-10-14(11-13-15)24(29)27-28-25(30)22-20-16-6-2-3-7-17(16)21(23(22)26(28)31)19-9-5-4-8-18(19)20/h2-13,20-23H,1H3,(H,27,29)/t20?,21?,22-,23-/m0/s1. The molecule has 0 saturated carbocycles. The van der Waals surface area contributed by atoms with Crippen LogP contribution in [0.15, 0.2) is 72.8 Å². The van der Waals surface area contributed by atoms with Crippen LogP contribution >= 0.6 is 0 Å². The highest BCUT2D eigenvalue weighted by atomic mass is 16.5. The first kappa shape index (κ1) is 18.8. The molecule has 0 unspecified atom stereocenters. The van der Waals surface area contributed by atoms with Crippen molar-refractivity contribution in [3.63, 3.8) is 0 Å². The topological polar surface area (TPSA) is 75.7 Å². The minimum atomic E-state index is -0.520. The lowest BCUT2D eigenvalue weighted by atomic mass is 9.55. The number of ether oxygens (including phenoxy) is 1. The van der Waals surface area contributed by atoms with E-state index in [2.05, 4.69) is 29.7 Å². The van der Waals surface area contributed by atoms with Gasteiger partial charge in [0, 0.05) is 17.4 Å². The zero-order valence-electron chi connectivity index (χ0n) is 17.3. The maximum Gasteiger partial charge on any atom is 0.270 e. The van der Waals surface area contributed by atoms with Crippen LogP contribution in [0, 0.1) is 11.8 Å². The minimum Gasteiger partial charge on any atom is -0.497 e. The van der Waals surface area contributed by atoms with Gasteiger partial charge >= 0.3 is 0 Å². The van der Waals surface area contributed by atoms with Crippen molar-refractivity contribution in [1.82, 2.24) is 10.4 Å². The third kappa shape index (κ3) is 2.43. The summed E-state index contributed by atoms with van der Waals surface area (Å²) in [5, 5.41) is 0.944. The lowest BCUT2D eigenvalue weighted by Gasteiger charge is -2.45. The van der Waals surface area contributed by atoms with Crippen molar-refractivity contribution in [3.05, 3.63) is 101 Å². The number of amides is 3. The highest BCUT2D eigenvalue weighted by Crippen LogP contribution is 2.60. The Hall–Kier alpha value is -3.93. The van der Waals surface area contributed by atoms with E-state index in [1.54, 1.807) is 31.4 Å². The van der Waals surface area contributed by atoms with E-state index in [9.17, 15) is 14.4 Å². The molecule has 1 aliphatic heterocycles. The van der Waals surface area contributed by atoms with E-state index in [1.807, 2.05) is 24.3 Å². The molecule has 3 aliphatic carbocycles. The fraction of sp³-hybridized carbons (Fsp3) is 0.192. The van der Waals surface area contributed by atoms with Crippen molar-refractivity contribution in [3.8, 4) is 5.75 Å². The quantitative estimate of drug-likeness (QED) is 0.655. The second-order valence-corrected chi connectivity index (χ2v) is 8.45. The summed E-state index contributed by atoms with van der Waals surface area (Å²) < 4.78 is 5.12. The number of hydrazine groups is 1. The summed E-state index contributed by atoms with van der Waals surface area (Å²) in [6.07, 6.45) is 0. The number of hydrogen-bond donors (Lipinski definition) is 1. The van der Waals surface area contributed by atoms with Crippen LogP contribution in [0.4, 0.5) is 0 Å². The van der Waals surface area contributed by atoms with Crippen LogP contribution in [-0.4, -0.2) is 29.8 Å². The Bertz CT molecular complexity index is 1170. The van der Waals surface area contributed by atoms with Crippen molar-refractivity contribution in [2.75, 3.05) is 7.11 Å². The SMILES string of the molecule is COc1ccc(C(=O)NN2C(=O)[C@H]3C4c5ccccc5C(c5ccccc54)[C@@H]3C2=O)cc1. The molecule has 6 nitrogen and oxygen atoms in total. The number of methoxy groups -OCH3 is 1. The molecule has 6 heteroatoms. The second kappa shape index (κ2) is 6.79. The molecule has 32 heavy (non-hydrogen) atoms. The van der Waals surface area contributed by atoms with Crippen LogP contribution in [0.5, 0.6) is 5.75 Å². The molecule has 1 heterocycles. The molecule has 1 N–H and O–H groups in total. The van der Waals surface area contributed by atoms with E-state index >= 15 is 0 Å². The van der Waals surface area contributed by atoms with Crippen molar-refractivity contribution in [2.24, 2.45) is 11.8 Å². The Balaban J connectivity index is 1.38. The summed E-state index contributed by atoms with van der Waals surface area (Å²) in [6, 6.07) is 22.6. The second-order valence-electron chi connectivity index (χ2n) is 8.45. The molecule has 0 spiro atoms. The fourth-order valence-electron chi connectivity index (χ4n) is 5.70.